The number of nitrogens with zero attached hydrogens (tertiary/aromatic N) is 4. The maximum Gasteiger partial charge on any atom is 0.408 e. The molecular formula is C42H57N5O5. The van der Waals surface area contributed by atoms with Crippen LogP contribution in [0.5, 0.6) is 0 Å². The Morgan fingerprint density at radius 1 is 0.750 bits per heavy atom. The first-order chi connectivity index (χ1) is 24.5. The smallest absolute Gasteiger partial charge is 0.408 e. The largest absolute Gasteiger partial charge is 0.444 e. The van der Waals surface area contributed by atoms with E-state index >= 15 is 0 Å². The van der Waals surface area contributed by atoms with E-state index in [1.807, 2.05) is 86.6 Å². The van der Waals surface area contributed by atoms with Gasteiger partial charge in [-0.3, -0.25) is 19.4 Å². The van der Waals surface area contributed by atoms with Gasteiger partial charge in [-0.25, -0.2) is 9.80 Å². The Morgan fingerprint density at radius 3 is 2.00 bits per heavy atom. The molecule has 3 aromatic rings. The number of likely N-dealkylation sites (N-methyl/N-ethyl adjacent to an activating group) is 3. The van der Waals surface area contributed by atoms with Crippen molar-refractivity contribution in [2.75, 3.05) is 34.2 Å². The molecule has 280 valence electrons. The molecule has 4 amide bonds. The molecule has 1 N–H and O–H groups in total. The van der Waals surface area contributed by atoms with Gasteiger partial charge >= 0.3 is 6.09 Å². The minimum absolute atomic E-state index is 0.167. The number of nitrogens with one attached hydrogen (secondary N) is 1. The van der Waals surface area contributed by atoms with Crippen molar-refractivity contribution >= 4 is 34.6 Å². The number of hydrogen-bond acceptors (Lipinski definition) is 6. The van der Waals surface area contributed by atoms with E-state index in [1.165, 1.54) is 15.9 Å². The second kappa shape index (κ2) is 17.7. The van der Waals surface area contributed by atoms with Gasteiger partial charge in [0, 0.05) is 52.6 Å². The van der Waals surface area contributed by atoms with Gasteiger partial charge in [0.2, 0.25) is 11.8 Å². The normalized spacial score (nSPS) is 15.2. The van der Waals surface area contributed by atoms with E-state index in [4.69, 9.17) is 4.74 Å². The Kier molecular flexibility index (Phi) is 13.6. The first-order valence-electron chi connectivity index (χ1n) is 18.3. The number of rotatable bonds is 13. The van der Waals surface area contributed by atoms with Crippen LogP contribution in [0, 0.1) is 0 Å². The van der Waals surface area contributed by atoms with Crippen LogP contribution in [0.15, 0.2) is 84.9 Å². The molecule has 2 atom stereocenters. The van der Waals surface area contributed by atoms with E-state index in [0.29, 0.717) is 12.8 Å². The van der Waals surface area contributed by atoms with Gasteiger partial charge < -0.3 is 19.9 Å². The number of carbonyl (C=O) groups is 4. The van der Waals surface area contributed by atoms with Crippen molar-refractivity contribution in [1.82, 2.24) is 25.1 Å². The van der Waals surface area contributed by atoms with E-state index in [0.717, 1.165) is 54.3 Å². The highest BCUT2D eigenvalue weighted by Crippen LogP contribution is 2.22. The molecule has 10 nitrogen and oxygen atoms in total. The van der Waals surface area contributed by atoms with Gasteiger partial charge in [-0.05, 0) is 81.9 Å². The zero-order chi connectivity index (χ0) is 38.1. The topological polar surface area (TPSA) is 102 Å². The fourth-order valence-corrected chi connectivity index (χ4v) is 6.48. The zero-order valence-electron chi connectivity index (χ0n) is 32.2. The maximum absolute atomic E-state index is 14.7. The Balaban J connectivity index is 1.61. The van der Waals surface area contributed by atoms with E-state index in [9.17, 15) is 19.2 Å². The molecule has 1 saturated heterocycles. The summed E-state index contributed by atoms with van der Waals surface area (Å²) in [5.74, 6) is -0.859. The summed E-state index contributed by atoms with van der Waals surface area (Å²) in [5.41, 5.74) is 0.507. The zero-order valence-corrected chi connectivity index (χ0v) is 32.2. The molecule has 0 radical (unpaired) electrons. The second-order valence-electron chi connectivity index (χ2n) is 15.5. The van der Waals surface area contributed by atoms with Crippen molar-refractivity contribution in [1.29, 1.82) is 0 Å². The van der Waals surface area contributed by atoms with Crippen molar-refractivity contribution in [3.05, 3.63) is 96.1 Å². The molecule has 52 heavy (non-hydrogen) atoms. The average Bonchev–Trinajstić information content (AvgIpc) is 3.10. The number of carbonyl (C=O) groups excluding carboxylic acids is 4. The van der Waals surface area contributed by atoms with Crippen molar-refractivity contribution in [2.24, 2.45) is 0 Å². The average molecular weight is 712 g/mol. The quantitative estimate of drug-likeness (QED) is 0.206. The molecule has 1 aliphatic heterocycles. The molecular weight excluding hydrogens is 654 g/mol. The van der Waals surface area contributed by atoms with Gasteiger partial charge in [-0.2, -0.15) is 0 Å². The van der Waals surface area contributed by atoms with Gasteiger partial charge in [0.15, 0.2) is 0 Å². The summed E-state index contributed by atoms with van der Waals surface area (Å²) < 4.78 is 5.40. The van der Waals surface area contributed by atoms with Gasteiger partial charge in [-0.15, -0.1) is 0 Å². The van der Waals surface area contributed by atoms with Crippen molar-refractivity contribution in [2.45, 2.75) is 96.4 Å². The van der Waals surface area contributed by atoms with Crippen molar-refractivity contribution in [3.63, 3.8) is 0 Å². The van der Waals surface area contributed by atoms with Crippen LogP contribution >= 0.6 is 0 Å². The van der Waals surface area contributed by atoms with Crippen LogP contribution < -0.4 is 5.32 Å². The summed E-state index contributed by atoms with van der Waals surface area (Å²) in [5, 5.41) is 8.72. The van der Waals surface area contributed by atoms with Gasteiger partial charge in [0.25, 0.3) is 5.91 Å². The third-order valence-corrected chi connectivity index (χ3v) is 9.52. The summed E-state index contributed by atoms with van der Waals surface area (Å²) in [7, 11) is 5.09. The number of hydrogen-bond donors (Lipinski definition) is 1. The first kappa shape index (κ1) is 40.1. The van der Waals surface area contributed by atoms with E-state index in [-0.39, 0.29) is 24.1 Å². The van der Waals surface area contributed by atoms with Crippen LogP contribution in [0.1, 0.15) is 71.4 Å². The minimum atomic E-state index is -0.900. The molecule has 1 heterocycles. The molecule has 0 aliphatic carbocycles. The van der Waals surface area contributed by atoms with Crippen LogP contribution in [0.25, 0.3) is 10.8 Å². The molecule has 10 heteroatoms. The summed E-state index contributed by atoms with van der Waals surface area (Å²) >= 11 is 0. The Hall–Kier alpha value is -4.70. The number of fused-ring (bicyclic) bond motifs is 1. The lowest BCUT2D eigenvalue weighted by Gasteiger charge is -2.40. The van der Waals surface area contributed by atoms with Crippen LogP contribution in [0.4, 0.5) is 4.79 Å². The SMILES string of the molecule is CN(C(=O)/C=C/CC(C)(C)NC(=O)OC(C)(C)C)[C@H](Cc1ccc2ccccc2c1)C(=O)N(C)[C@H](Cc1ccccc1)C(=O)N(C)N1CCCCC1. The predicted molar refractivity (Wildman–Crippen MR) is 206 cm³/mol. The highest BCUT2D eigenvalue weighted by molar-refractivity contribution is 5.95. The Labute approximate surface area is 309 Å². The summed E-state index contributed by atoms with van der Waals surface area (Å²) in [6, 6.07) is 22.1. The Morgan fingerprint density at radius 2 is 1.35 bits per heavy atom. The minimum Gasteiger partial charge on any atom is -0.444 e. The van der Waals surface area contributed by atoms with E-state index in [2.05, 4.69) is 10.3 Å². The van der Waals surface area contributed by atoms with Gasteiger partial charge in [0.1, 0.15) is 17.7 Å². The highest BCUT2D eigenvalue weighted by atomic mass is 16.6. The molecule has 3 aromatic carbocycles. The lowest BCUT2D eigenvalue weighted by Crippen LogP contribution is -2.58. The molecule has 0 saturated carbocycles. The lowest BCUT2D eigenvalue weighted by molar-refractivity contribution is -0.158. The van der Waals surface area contributed by atoms with Gasteiger partial charge in [-0.1, -0.05) is 85.3 Å². The molecule has 0 unspecified atom stereocenters. The summed E-state index contributed by atoms with van der Waals surface area (Å²) in [6.45, 7) is 10.7. The molecule has 0 bridgehead atoms. The van der Waals surface area contributed by atoms with Crippen LogP contribution in [0.3, 0.4) is 0 Å². The molecule has 0 aromatic heterocycles. The molecule has 1 aliphatic rings. The number of ether oxygens (including phenoxy) is 1. The maximum atomic E-state index is 14.7. The monoisotopic (exact) mass is 711 g/mol. The highest BCUT2D eigenvalue weighted by Gasteiger charge is 2.37. The number of amides is 4. The van der Waals surface area contributed by atoms with Crippen molar-refractivity contribution < 1.29 is 23.9 Å². The van der Waals surface area contributed by atoms with Crippen LogP contribution in [0.2, 0.25) is 0 Å². The molecule has 4 rings (SSSR count). The lowest BCUT2D eigenvalue weighted by atomic mass is 9.98. The summed E-state index contributed by atoms with van der Waals surface area (Å²) in [6.07, 6.45) is 6.70. The molecule has 0 spiro atoms. The number of hydrazine groups is 1. The number of alkyl carbamates (subject to hydrolysis) is 1. The van der Waals surface area contributed by atoms with E-state index in [1.54, 1.807) is 53.0 Å². The summed E-state index contributed by atoms with van der Waals surface area (Å²) in [4.78, 5) is 58.2. The third-order valence-electron chi connectivity index (χ3n) is 9.52. The first-order valence-corrected chi connectivity index (χ1v) is 18.3. The van der Waals surface area contributed by atoms with Gasteiger partial charge in [0.05, 0.1) is 0 Å². The third kappa shape index (κ3) is 11.4. The van der Waals surface area contributed by atoms with E-state index < -0.39 is 29.3 Å². The van der Waals surface area contributed by atoms with Crippen LogP contribution in [-0.4, -0.2) is 101 Å². The number of benzene rings is 3. The molecule has 1 fully saturated rings. The second-order valence-corrected chi connectivity index (χ2v) is 15.5. The standard InChI is InChI=1S/C42H57N5O5/c1-41(2,3)52-40(51)43-42(4,5)25-17-22-37(48)44(6)35(30-32-23-24-33-20-13-14-21-34(33)28-32)38(49)45(7)36(29-31-18-11-9-12-19-31)39(50)46(8)47-26-15-10-16-27-47/h9,11-14,17-24,28,35-36H,10,15-16,25-27,29-30H2,1-8H3,(H,43,51)/b22-17+/t35-,36-/m1/s1. The Bertz CT molecular complexity index is 1710. The van der Waals surface area contributed by atoms with Crippen LogP contribution in [-0.2, 0) is 32.0 Å². The predicted octanol–water partition coefficient (Wildman–Crippen LogP) is 6.39. The van der Waals surface area contributed by atoms with Crippen molar-refractivity contribution in [3.8, 4) is 0 Å². The fourth-order valence-electron chi connectivity index (χ4n) is 6.48. The fraction of sp³-hybridized carbons (Fsp3) is 0.476. The number of piperidine rings is 1.